The van der Waals surface area contributed by atoms with Crippen molar-refractivity contribution in [3.8, 4) is 11.3 Å². The molecule has 0 saturated carbocycles. The maximum atomic E-state index is 13.1. The Morgan fingerprint density at radius 2 is 2.11 bits per heavy atom. The zero-order valence-electron chi connectivity index (χ0n) is 21.9. The number of pyridine rings is 2. The second kappa shape index (κ2) is 10.8. The second-order valence-corrected chi connectivity index (χ2v) is 10.8. The van der Waals surface area contributed by atoms with Crippen LogP contribution in [0, 0.1) is 5.92 Å². The van der Waals surface area contributed by atoms with Crippen LogP contribution in [0.2, 0.25) is 0 Å². The van der Waals surface area contributed by atoms with E-state index in [0.29, 0.717) is 59.8 Å². The van der Waals surface area contributed by atoms with Gasteiger partial charge in [-0.15, -0.1) is 0 Å². The van der Waals surface area contributed by atoms with E-state index in [2.05, 4.69) is 22.9 Å². The number of fused-ring (bicyclic) bond motifs is 1. The molecule has 4 rings (SSSR count). The Labute approximate surface area is 222 Å². The normalized spacial score (nSPS) is 18.6. The SMILES string of the molecule is CO[C@@]1(c2cccc(-c3cn(C(=O)OC(C)(C)C)c4cnc(NC(=O)CC(C)CS)cc34)n2)CCOC1. The number of rotatable bonds is 7. The fraction of sp³-hybridized carbons (Fsp3) is 0.481. The molecule has 1 N–H and O–H groups in total. The number of anilines is 1. The molecule has 37 heavy (non-hydrogen) atoms. The highest BCUT2D eigenvalue weighted by molar-refractivity contribution is 7.80. The van der Waals surface area contributed by atoms with Crippen molar-refractivity contribution in [2.24, 2.45) is 5.92 Å². The van der Waals surface area contributed by atoms with Gasteiger partial charge in [-0.1, -0.05) is 13.0 Å². The number of hydrogen-bond acceptors (Lipinski definition) is 8. The summed E-state index contributed by atoms with van der Waals surface area (Å²) in [7, 11) is 1.66. The summed E-state index contributed by atoms with van der Waals surface area (Å²) in [6, 6.07) is 7.47. The summed E-state index contributed by atoms with van der Waals surface area (Å²) < 4.78 is 18.5. The zero-order valence-corrected chi connectivity index (χ0v) is 22.8. The van der Waals surface area contributed by atoms with E-state index in [9.17, 15) is 9.59 Å². The molecular formula is C27H34N4O5S. The standard InChI is InChI=1S/C27H34N4O5S/c1-17(15-37)11-24(32)30-23-12-18-19(14-31(21(18)13-28-23)25(33)36-26(2,3)4)20-7-6-8-22(29-20)27(34-5)9-10-35-16-27/h6-8,12-14,17,37H,9-11,15-16H2,1-5H3,(H,28,30,32)/t17?,27-/m0/s1. The highest BCUT2D eigenvalue weighted by atomic mass is 32.1. The fourth-order valence-corrected chi connectivity index (χ4v) is 4.41. The van der Waals surface area contributed by atoms with Crippen LogP contribution in [0.25, 0.3) is 22.2 Å². The van der Waals surface area contributed by atoms with Crippen molar-refractivity contribution in [3.63, 3.8) is 0 Å². The first-order chi connectivity index (χ1) is 17.5. The Bertz CT molecular complexity index is 1290. The monoisotopic (exact) mass is 526 g/mol. The van der Waals surface area contributed by atoms with Crippen molar-refractivity contribution in [2.45, 2.75) is 51.7 Å². The molecule has 0 radical (unpaired) electrons. The first-order valence-corrected chi connectivity index (χ1v) is 12.9. The number of carbonyl (C=O) groups is 2. The molecule has 198 valence electrons. The fourth-order valence-electron chi connectivity index (χ4n) is 4.29. The Morgan fingerprint density at radius 3 is 2.76 bits per heavy atom. The molecule has 1 amide bonds. The largest absolute Gasteiger partial charge is 0.443 e. The number of hydrogen-bond donors (Lipinski definition) is 2. The lowest BCUT2D eigenvalue weighted by Crippen LogP contribution is -2.30. The Balaban J connectivity index is 1.80. The molecule has 2 atom stereocenters. The summed E-state index contributed by atoms with van der Waals surface area (Å²) in [6.45, 7) is 8.42. The molecule has 3 aromatic rings. The van der Waals surface area contributed by atoms with E-state index in [1.54, 1.807) is 25.6 Å². The number of thiol groups is 1. The molecule has 0 aromatic carbocycles. The van der Waals surface area contributed by atoms with Crippen LogP contribution in [0.3, 0.4) is 0 Å². The van der Waals surface area contributed by atoms with Gasteiger partial charge in [-0.25, -0.2) is 14.8 Å². The summed E-state index contributed by atoms with van der Waals surface area (Å²) in [5.41, 5.74) is 1.36. The number of nitrogens with one attached hydrogen (secondary N) is 1. The average molecular weight is 527 g/mol. The number of carbonyl (C=O) groups excluding carboxylic acids is 2. The number of methoxy groups -OCH3 is 1. The van der Waals surface area contributed by atoms with Crippen LogP contribution in [-0.4, -0.2) is 58.2 Å². The van der Waals surface area contributed by atoms with Crippen LogP contribution in [0.15, 0.2) is 36.7 Å². The van der Waals surface area contributed by atoms with E-state index < -0.39 is 17.3 Å². The lowest BCUT2D eigenvalue weighted by atomic mass is 9.97. The van der Waals surface area contributed by atoms with Gasteiger partial charge in [0.1, 0.15) is 17.0 Å². The summed E-state index contributed by atoms with van der Waals surface area (Å²) in [5.74, 6) is 0.986. The van der Waals surface area contributed by atoms with E-state index in [0.717, 1.165) is 5.69 Å². The minimum absolute atomic E-state index is 0.135. The van der Waals surface area contributed by atoms with Gasteiger partial charge < -0.3 is 19.5 Å². The third-order valence-electron chi connectivity index (χ3n) is 6.26. The van der Waals surface area contributed by atoms with Gasteiger partial charge >= 0.3 is 6.09 Å². The minimum atomic E-state index is -0.676. The molecule has 1 aliphatic rings. The first kappa shape index (κ1) is 27.1. The van der Waals surface area contributed by atoms with E-state index in [1.807, 2.05) is 45.9 Å². The van der Waals surface area contributed by atoms with E-state index in [4.69, 9.17) is 19.2 Å². The van der Waals surface area contributed by atoms with Crippen LogP contribution in [0.1, 0.15) is 46.2 Å². The van der Waals surface area contributed by atoms with E-state index in [-0.39, 0.29) is 11.8 Å². The van der Waals surface area contributed by atoms with Crippen molar-refractivity contribution in [1.82, 2.24) is 14.5 Å². The first-order valence-electron chi connectivity index (χ1n) is 12.3. The molecular weight excluding hydrogens is 492 g/mol. The lowest BCUT2D eigenvalue weighted by Gasteiger charge is -2.25. The third kappa shape index (κ3) is 5.97. The summed E-state index contributed by atoms with van der Waals surface area (Å²) in [4.78, 5) is 34.9. The van der Waals surface area contributed by atoms with Gasteiger partial charge in [-0.3, -0.25) is 9.36 Å². The quantitative estimate of drug-likeness (QED) is 0.416. The molecule has 9 nitrogen and oxygen atoms in total. The van der Waals surface area contributed by atoms with Gasteiger partial charge in [0, 0.05) is 43.7 Å². The van der Waals surface area contributed by atoms with E-state index in [1.165, 1.54) is 4.57 Å². The molecule has 1 unspecified atom stereocenters. The van der Waals surface area contributed by atoms with Crippen LogP contribution in [-0.2, 0) is 24.6 Å². The van der Waals surface area contributed by atoms with Crippen molar-refractivity contribution >= 4 is 41.3 Å². The molecule has 1 saturated heterocycles. The summed E-state index contributed by atoms with van der Waals surface area (Å²) in [6.07, 6.45) is 3.76. The van der Waals surface area contributed by atoms with Crippen molar-refractivity contribution in [2.75, 3.05) is 31.4 Å². The maximum Gasteiger partial charge on any atom is 0.419 e. The molecule has 1 aliphatic heterocycles. The smallest absolute Gasteiger partial charge is 0.419 e. The van der Waals surface area contributed by atoms with Crippen molar-refractivity contribution < 1.29 is 23.8 Å². The number of ether oxygens (including phenoxy) is 3. The van der Waals surface area contributed by atoms with Crippen molar-refractivity contribution in [3.05, 3.63) is 42.4 Å². The molecule has 0 bridgehead atoms. The predicted molar refractivity (Wildman–Crippen MR) is 145 cm³/mol. The molecule has 10 heteroatoms. The van der Waals surface area contributed by atoms with Gasteiger partial charge in [-0.05, 0) is 50.6 Å². The van der Waals surface area contributed by atoms with Gasteiger partial charge in [0.05, 0.1) is 29.7 Å². The molecule has 4 heterocycles. The van der Waals surface area contributed by atoms with Crippen molar-refractivity contribution in [1.29, 1.82) is 0 Å². The van der Waals surface area contributed by atoms with Crippen LogP contribution in [0.4, 0.5) is 10.6 Å². The van der Waals surface area contributed by atoms with Gasteiger partial charge in [0.25, 0.3) is 0 Å². The molecule has 0 spiro atoms. The third-order valence-corrected chi connectivity index (χ3v) is 6.89. The maximum absolute atomic E-state index is 13.1. The second-order valence-electron chi connectivity index (χ2n) is 10.4. The zero-order chi connectivity index (χ0) is 26.8. The highest BCUT2D eigenvalue weighted by Crippen LogP contribution is 2.36. The van der Waals surface area contributed by atoms with Crippen LogP contribution < -0.4 is 5.32 Å². The van der Waals surface area contributed by atoms with Crippen LogP contribution in [0.5, 0.6) is 0 Å². The Kier molecular flexibility index (Phi) is 7.91. The summed E-state index contributed by atoms with van der Waals surface area (Å²) in [5, 5.41) is 3.57. The molecule has 3 aromatic heterocycles. The predicted octanol–water partition coefficient (Wildman–Crippen LogP) is 5.04. The van der Waals surface area contributed by atoms with E-state index >= 15 is 0 Å². The number of amides is 1. The molecule has 1 fully saturated rings. The Hall–Kier alpha value is -2.95. The Morgan fingerprint density at radius 1 is 1.32 bits per heavy atom. The van der Waals surface area contributed by atoms with Gasteiger partial charge in [0.15, 0.2) is 0 Å². The van der Waals surface area contributed by atoms with Gasteiger partial charge in [-0.2, -0.15) is 12.6 Å². The number of nitrogens with zero attached hydrogens (tertiary/aromatic N) is 3. The topological polar surface area (TPSA) is 105 Å². The van der Waals surface area contributed by atoms with Gasteiger partial charge in [0.2, 0.25) is 5.91 Å². The average Bonchev–Trinajstić information content (AvgIpc) is 3.48. The lowest BCUT2D eigenvalue weighted by molar-refractivity contribution is -0.116. The molecule has 0 aliphatic carbocycles. The summed E-state index contributed by atoms with van der Waals surface area (Å²) >= 11 is 4.26. The minimum Gasteiger partial charge on any atom is -0.443 e. The highest BCUT2D eigenvalue weighted by Gasteiger charge is 2.38. The number of aromatic nitrogens is 3. The van der Waals surface area contributed by atoms with Crippen LogP contribution >= 0.6 is 12.6 Å².